The molecule has 15 heavy (non-hydrogen) atoms. The minimum Gasteiger partial charge on any atom is -0.390 e. The molecule has 4 heteroatoms. The Hall–Kier alpha value is -0.610. The fourth-order valence-electron chi connectivity index (χ4n) is 1.76. The topological polar surface area (TPSA) is 52.6 Å². The second-order valence-electron chi connectivity index (χ2n) is 5.03. The first-order chi connectivity index (χ1) is 6.88. The lowest BCUT2D eigenvalue weighted by molar-refractivity contribution is -0.132. The number of likely N-dealkylation sites (tertiary alicyclic amines) is 1. The van der Waals surface area contributed by atoms with E-state index in [0.29, 0.717) is 12.5 Å². The van der Waals surface area contributed by atoms with Crippen LogP contribution in [0, 0.1) is 0 Å². The van der Waals surface area contributed by atoms with E-state index in [4.69, 9.17) is 0 Å². The molecule has 1 heterocycles. The Morgan fingerprint density at radius 3 is 2.80 bits per heavy atom. The molecule has 88 valence electrons. The van der Waals surface area contributed by atoms with E-state index in [1.54, 1.807) is 4.90 Å². The van der Waals surface area contributed by atoms with Gasteiger partial charge in [0.25, 0.3) is 0 Å². The van der Waals surface area contributed by atoms with Crippen molar-refractivity contribution in [1.82, 2.24) is 10.2 Å². The standard InChI is InChI=1S/C11H22N2O2/c1-11(2,15)6-7-12-9-4-5-10(14)13(3)8-9/h9,12,15H,4-8H2,1-3H3. The van der Waals surface area contributed by atoms with Gasteiger partial charge in [-0.2, -0.15) is 0 Å². The molecule has 1 amide bonds. The second kappa shape index (κ2) is 4.94. The zero-order valence-corrected chi connectivity index (χ0v) is 9.92. The van der Waals surface area contributed by atoms with E-state index in [1.165, 1.54) is 0 Å². The van der Waals surface area contributed by atoms with Crippen molar-refractivity contribution in [3.63, 3.8) is 0 Å². The normalized spacial score (nSPS) is 23.3. The fourth-order valence-corrected chi connectivity index (χ4v) is 1.76. The SMILES string of the molecule is CN1CC(NCCC(C)(C)O)CCC1=O. The van der Waals surface area contributed by atoms with Crippen molar-refractivity contribution in [3.8, 4) is 0 Å². The third kappa shape index (κ3) is 4.62. The van der Waals surface area contributed by atoms with Gasteiger partial charge >= 0.3 is 0 Å². The number of likely N-dealkylation sites (N-methyl/N-ethyl adjacent to an activating group) is 1. The van der Waals surface area contributed by atoms with Crippen LogP contribution in [0.1, 0.15) is 33.1 Å². The summed E-state index contributed by atoms with van der Waals surface area (Å²) in [6, 6.07) is 0.384. The molecule has 1 aliphatic rings. The number of carbonyl (C=O) groups excluding carboxylic acids is 1. The number of hydrogen-bond acceptors (Lipinski definition) is 3. The molecule has 1 saturated heterocycles. The van der Waals surface area contributed by atoms with Gasteiger partial charge in [0.15, 0.2) is 0 Å². The minimum atomic E-state index is -0.608. The maximum atomic E-state index is 11.2. The van der Waals surface area contributed by atoms with Crippen molar-refractivity contribution in [2.75, 3.05) is 20.1 Å². The molecule has 0 aromatic carbocycles. The summed E-state index contributed by atoms with van der Waals surface area (Å²) < 4.78 is 0. The van der Waals surface area contributed by atoms with Crippen LogP contribution < -0.4 is 5.32 Å². The van der Waals surface area contributed by atoms with Crippen LogP contribution in [-0.4, -0.2) is 47.7 Å². The lowest BCUT2D eigenvalue weighted by Gasteiger charge is -2.31. The predicted octanol–water partition coefficient (Wildman–Crippen LogP) is 0.358. The number of nitrogens with zero attached hydrogens (tertiary/aromatic N) is 1. The van der Waals surface area contributed by atoms with Gasteiger partial charge in [0.2, 0.25) is 5.91 Å². The van der Waals surface area contributed by atoms with Crippen LogP contribution in [0.3, 0.4) is 0 Å². The Balaban J connectivity index is 2.20. The Morgan fingerprint density at radius 1 is 1.60 bits per heavy atom. The summed E-state index contributed by atoms with van der Waals surface area (Å²) in [4.78, 5) is 13.0. The fraction of sp³-hybridized carbons (Fsp3) is 0.909. The summed E-state index contributed by atoms with van der Waals surface area (Å²) in [6.45, 7) is 5.21. The smallest absolute Gasteiger partial charge is 0.222 e. The molecular formula is C11H22N2O2. The zero-order valence-electron chi connectivity index (χ0n) is 9.92. The van der Waals surface area contributed by atoms with E-state index >= 15 is 0 Å². The lowest BCUT2D eigenvalue weighted by atomic mass is 10.0. The Morgan fingerprint density at radius 2 is 2.27 bits per heavy atom. The lowest BCUT2D eigenvalue weighted by Crippen LogP contribution is -2.47. The van der Waals surface area contributed by atoms with Gasteiger partial charge in [0, 0.05) is 26.1 Å². The summed E-state index contributed by atoms with van der Waals surface area (Å²) in [5, 5.41) is 12.9. The molecule has 1 unspecified atom stereocenters. The predicted molar refractivity (Wildman–Crippen MR) is 59.6 cm³/mol. The molecule has 0 bridgehead atoms. The van der Waals surface area contributed by atoms with E-state index in [2.05, 4.69) is 5.32 Å². The van der Waals surface area contributed by atoms with Crippen LogP contribution in [0.25, 0.3) is 0 Å². The molecule has 1 fully saturated rings. The van der Waals surface area contributed by atoms with E-state index in [1.807, 2.05) is 20.9 Å². The van der Waals surface area contributed by atoms with E-state index in [0.717, 1.165) is 25.9 Å². The molecule has 0 aliphatic carbocycles. The number of nitrogens with one attached hydrogen (secondary N) is 1. The minimum absolute atomic E-state index is 0.232. The Kier molecular flexibility index (Phi) is 4.11. The summed E-state index contributed by atoms with van der Waals surface area (Å²) in [5.41, 5.74) is -0.608. The van der Waals surface area contributed by atoms with Gasteiger partial charge in [-0.1, -0.05) is 0 Å². The molecule has 0 saturated carbocycles. The molecule has 1 rings (SSSR count). The highest BCUT2D eigenvalue weighted by Crippen LogP contribution is 2.11. The highest BCUT2D eigenvalue weighted by atomic mass is 16.3. The molecular weight excluding hydrogens is 192 g/mol. The summed E-state index contributed by atoms with van der Waals surface area (Å²) in [6.07, 6.45) is 2.28. The third-order valence-electron chi connectivity index (χ3n) is 2.80. The molecule has 0 aromatic heterocycles. The highest BCUT2D eigenvalue weighted by molar-refractivity contribution is 5.76. The first-order valence-corrected chi connectivity index (χ1v) is 5.58. The average molecular weight is 214 g/mol. The number of piperidine rings is 1. The van der Waals surface area contributed by atoms with Crippen molar-refractivity contribution < 1.29 is 9.90 Å². The number of rotatable bonds is 4. The van der Waals surface area contributed by atoms with Gasteiger partial charge < -0.3 is 15.3 Å². The van der Waals surface area contributed by atoms with Crippen LogP contribution in [-0.2, 0) is 4.79 Å². The summed E-state index contributed by atoms with van der Waals surface area (Å²) in [5.74, 6) is 0.232. The van der Waals surface area contributed by atoms with Crippen molar-refractivity contribution in [2.45, 2.75) is 44.8 Å². The van der Waals surface area contributed by atoms with Crippen LogP contribution >= 0.6 is 0 Å². The van der Waals surface area contributed by atoms with Gasteiger partial charge in [-0.25, -0.2) is 0 Å². The largest absolute Gasteiger partial charge is 0.390 e. The van der Waals surface area contributed by atoms with E-state index in [9.17, 15) is 9.90 Å². The molecule has 1 aliphatic heterocycles. The molecule has 0 spiro atoms. The maximum Gasteiger partial charge on any atom is 0.222 e. The molecule has 0 aromatic rings. The summed E-state index contributed by atoms with van der Waals surface area (Å²) in [7, 11) is 1.84. The van der Waals surface area contributed by atoms with Gasteiger partial charge in [0.1, 0.15) is 0 Å². The highest BCUT2D eigenvalue weighted by Gasteiger charge is 2.22. The third-order valence-corrected chi connectivity index (χ3v) is 2.80. The van der Waals surface area contributed by atoms with Crippen molar-refractivity contribution in [2.24, 2.45) is 0 Å². The molecule has 2 N–H and O–H groups in total. The molecule has 0 radical (unpaired) electrons. The van der Waals surface area contributed by atoms with E-state index in [-0.39, 0.29) is 5.91 Å². The van der Waals surface area contributed by atoms with Gasteiger partial charge in [-0.15, -0.1) is 0 Å². The van der Waals surface area contributed by atoms with Crippen LogP contribution in [0.15, 0.2) is 0 Å². The number of carbonyl (C=O) groups is 1. The molecule has 4 nitrogen and oxygen atoms in total. The van der Waals surface area contributed by atoms with Gasteiger partial charge in [-0.3, -0.25) is 4.79 Å². The molecule has 1 atom stereocenters. The van der Waals surface area contributed by atoms with Gasteiger partial charge in [-0.05, 0) is 33.2 Å². The zero-order chi connectivity index (χ0) is 11.5. The van der Waals surface area contributed by atoms with Crippen molar-refractivity contribution >= 4 is 5.91 Å². The maximum absolute atomic E-state index is 11.2. The Bertz CT molecular complexity index is 223. The first-order valence-electron chi connectivity index (χ1n) is 5.58. The van der Waals surface area contributed by atoms with Crippen molar-refractivity contribution in [3.05, 3.63) is 0 Å². The Labute approximate surface area is 91.6 Å². The first kappa shape index (κ1) is 12.5. The van der Waals surface area contributed by atoms with Crippen LogP contribution in [0.4, 0.5) is 0 Å². The van der Waals surface area contributed by atoms with Crippen LogP contribution in [0.5, 0.6) is 0 Å². The number of hydrogen-bond donors (Lipinski definition) is 2. The number of aliphatic hydroxyl groups is 1. The quantitative estimate of drug-likeness (QED) is 0.710. The number of amides is 1. The average Bonchev–Trinajstić information content (AvgIpc) is 2.09. The monoisotopic (exact) mass is 214 g/mol. The van der Waals surface area contributed by atoms with Crippen LogP contribution in [0.2, 0.25) is 0 Å². The van der Waals surface area contributed by atoms with E-state index < -0.39 is 5.60 Å². The van der Waals surface area contributed by atoms with Gasteiger partial charge in [0.05, 0.1) is 5.60 Å². The second-order valence-corrected chi connectivity index (χ2v) is 5.03. The summed E-state index contributed by atoms with van der Waals surface area (Å²) >= 11 is 0. The van der Waals surface area contributed by atoms with Crippen molar-refractivity contribution in [1.29, 1.82) is 0 Å².